The van der Waals surface area contributed by atoms with Crippen molar-refractivity contribution in [3.8, 4) is 34.6 Å². The molecule has 3 aliphatic rings. The van der Waals surface area contributed by atoms with Crippen LogP contribution in [0.2, 0.25) is 0 Å². The van der Waals surface area contributed by atoms with Gasteiger partial charge in [-0.2, -0.15) is 0 Å². The first kappa shape index (κ1) is 28.6. The van der Waals surface area contributed by atoms with Gasteiger partial charge in [-0.15, -0.1) is 0 Å². The highest BCUT2D eigenvalue weighted by Crippen LogP contribution is 2.27. The maximum atomic E-state index is 6.03. The van der Waals surface area contributed by atoms with Crippen molar-refractivity contribution in [2.24, 2.45) is 15.0 Å². The summed E-state index contributed by atoms with van der Waals surface area (Å²) in [6.07, 6.45) is 0. The summed E-state index contributed by atoms with van der Waals surface area (Å²) in [7, 11) is 0. The van der Waals surface area contributed by atoms with E-state index < -0.39 is 0 Å². The fourth-order valence-corrected chi connectivity index (χ4v) is 4.92. The lowest BCUT2D eigenvalue weighted by Gasteiger charge is -2.17. The SMILES string of the molecule is CC1(C)CN=C(c2cccc(-c3nc(-c4cccc(C5=NCC(C)(C)O5)n4)nc(-c4cccc(C5=NCC(C)(C)O5)n4)n3)n2)O1. The quantitative estimate of drug-likeness (QED) is 0.306. The Balaban J connectivity index is 1.32. The van der Waals surface area contributed by atoms with E-state index in [1.165, 1.54) is 0 Å². The molecular formula is C33H33N9O3. The van der Waals surface area contributed by atoms with Gasteiger partial charge in [-0.3, -0.25) is 0 Å². The van der Waals surface area contributed by atoms with E-state index in [-0.39, 0.29) is 16.8 Å². The summed E-state index contributed by atoms with van der Waals surface area (Å²) >= 11 is 0. The van der Waals surface area contributed by atoms with E-state index in [0.717, 1.165) is 0 Å². The molecule has 0 atom stereocenters. The van der Waals surface area contributed by atoms with Crippen LogP contribution in [0.25, 0.3) is 34.6 Å². The Labute approximate surface area is 260 Å². The summed E-state index contributed by atoms with van der Waals surface area (Å²) in [5, 5.41) is 0. The van der Waals surface area contributed by atoms with E-state index in [1.54, 1.807) is 0 Å². The van der Waals surface area contributed by atoms with Crippen LogP contribution in [0.15, 0.2) is 69.6 Å². The summed E-state index contributed by atoms with van der Waals surface area (Å²) in [5.41, 5.74) is 2.19. The molecule has 7 heterocycles. The molecule has 0 amide bonds. The Bertz CT molecular complexity index is 1680. The first-order valence-electron chi connectivity index (χ1n) is 14.8. The van der Waals surface area contributed by atoms with Gasteiger partial charge in [0.05, 0.1) is 19.6 Å². The van der Waals surface area contributed by atoms with Crippen LogP contribution in [0.1, 0.15) is 58.6 Å². The largest absolute Gasteiger partial charge is 0.468 e. The molecule has 0 saturated heterocycles. The molecule has 12 heteroatoms. The van der Waals surface area contributed by atoms with E-state index in [0.29, 0.717) is 89.0 Å². The van der Waals surface area contributed by atoms with Crippen molar-refractivity contribution in [2.75, 3.05) is 19.6 Å². The molecule has 7 rings (SSSR count). The van der Waals surface area contributed by atoms with E-state index in [2.05, 4.69) is 15.0 Å². The molecule has 4 aromatic rings. The van der Waals surface area contributed by atoms with Crippen LogP contribution in [0.3, 0.4) is 0 Å². The number of pyridine rings is 3. The highest BCUT2D eigenvalue weighted by Gasteiger charge is 2.31. The molecule has 0 fully saturated rings. The van der Waals surface area contributed by atoms with Crippen molar-refractivity contribution in [1.82, 2.24) is 29.9 Å². The molecule has 0 saturated carbocycles. The molecule has 0 unspecified atom stereocenters. The highest BCUT2D eigenvalue weighted by molar-refractivity contribution is 5.95. The van der Waals surface area contributed by atoms with Crippen LogP contribution in [-0.4, -0.2) is 84.0 Å². The van der Waals surface area contributed by atoms with Crippen molar-refractivity contribution in [3.05, 3.63) is 71.7 Å². The highest BCUT2D eigenvalue weighted by atomic mass is 16.5. The molecule has 0 radical (unpaired) electrons. The predicted molar refractivity (Wildman–Crippen MR) is 169 cm³/mol. The lowest BCUT2D eigenvalue weighted by molar-refractivity contribution is 0.130. The van der Waals surface area contributed by atoms with Crippen LogP contribution in [0.4, 0.5) is 0 Å². The average Bonchev–Trinajstić information content (AvgIpc) is 3.71. The van der Waals surface area contributed by atoms with Crippen LogP contribution >= 0.6 is 0 Å². The van der Waals surface area contributed by atoms with E-state index in [1.807, 2.05) is 96.1 Å². The smallest absolute Gasteiger partial charge is 0.236 e. The van der Waals surface area contributed by atoms with Gasteiger partial charge in [0.2, 0.25) is 17.7 Å². The Kier molecular flexibility index (Phi) is 6.68. The van der Waals surface area contributed by atoms with E-state index in [9.17, 15) is 0 Å². The number of aliphatic imine (C=N–C) groups is 3. The fraction of sp³-hybridized carbons (Fsp3) is 0.364. The van der Waals surface area contributed by atoms with Crippen molar-refractivity contribution < 1.29 is 14.2 Å². The van der Waals surface area contributed by atoms with Gasteiger partial charge in [0.1, 0.15) is 51.0 Å². The minimum absolute atomic E-state index is 0.347. The molecule has 45 heavy (non-hydrogen) atoms. The third-order valence-corrected chi connectivity index (χ3v) is 7.16. The lowest BCUT2D eigenvalue weighted by atomic mass is 10.1. The van der Waals surface area contributed by atoms with Crippen LogP contribution in [0, 0.1) is 0 Å². The van der Waals surface area contributed by atoms with Gasteiger partial charge in [0.25, 0.3) is 0 Å². The lowest BCUT2D eigenvalue weighted by Crippen LogP contribution is -2.24. The Hall–Kier alpha value is -5.13. The normalized spacial score (nSPS) is 19.2. The second kappa shape index (κ2) is 10.5. The Morgan fingerprint density at radius 3 is 0.911 bits per heavy atom. The van der Waals surface area contributed by atoms with Crippen molar-refractivity contribution in [1.29, 1.82) is 0 Å². The first-order chi connectivity index (χ1) is 21.4. The Morgan fingerprint density at radius 2 is 0.667 bits per heavy atom. The second-order valence-electron chi connectivity index (χ2n) is 13.0. The zero-order valence-corrected chi connectivity index (χ0v) is 26.1. The molecule has 0 aromatic carbocycles. The third-order valence-electron chi connectivity index (χ3n) is 7.16. The van der Waals surface area contributed by atoms with Crippen LogP contribution < -0.4 is 0 Å². The van der Waals surface area contributed by atoms with Gasteiger partial charge in [-0.1, -0.05) is 18.2 Å². The molecule has 0 N–H and O–H groups in total. The minimum Gasteiger partial charge on any atom is -0.468 e. The van der Waals surface area contributed by atoms with Crippen molar-refractivity contribution in [3.63, 3.8) is 0 Å². The van der Waals surface area contributed by atoms with Crippen molar-refractivity contribution >= 4 is 17.7 Å². The number of ether oxygens (including phenoxy) is 3. The van der Waals surface area contributed by atoms with E-state index in [4.69, 9.17) is 44.1 Å². The van der Waals surface area contributed by atoms with Crippen LogP contribution in [0.5, 0.6) is 0 Å². The Morgan fingerprint density at radius 1 is 0.400 bits per heavy atom. The van der Waals surface area contributed by atoms with Crippen LogP contribution in [-0.2, 0) is 14.2 Å². The number of hydrogen-bond acceptors (Lipinski definition) is 12. The number of aromatic nitrogens is 6. The third kappa shape index (κ3) is 6.00. The van der Waals surface area contributed by atoms with Gasteiger partial charge in [0, 0.05) is 0 Å². The zero-order valence-electron chi connectivity index (χ0n) is 26.1. The van der Waals surface area contributed by atoms with Gasteiger partial charge >= 0.3 is 0 Å². The molecule has 0 bridgehead atoms. The molecule has 228 valence electrons. The average molecular weight is 604 g/mol. The molecular weight excluding hydrogens is 570 g/mol. The summed E-state index contributed by atoms with van der Waals surface area (Å²) in [5.74, 6) is 2.50. The van der Waals surface area contributed by atoms with Gasteiger partial charge in [-0.25, -0.2) is 44.9 Å². The minimum atomic E-state index is -0.390. The fourth-order valence-electron chi connectivity index (χ4n) is 4.92. The summed E-state index contributed by atoms with van der Waals surface area (Å²) in [6.45, 7) is 13.6. The van der Waals surface area contributed by atoms with Gasteiger partial charge in [-0.05, 0) is 77.9 Å². The second-order valence-corrected chi connectivity index (χ2v) is 13.0. The maximum absolute atomic E-state index is 6.03. The molecule has 12 nitrogen and oxygen atoms in total. The molecule has 0 aliphatic carbocycles. The van der Waals surface area contributed by atoms with Gasteiger partial charge < -0.3 is 14.2 Å². The summed E-state index contributed by atoms with van der Waals surface area (Å²) in [4.78, 5) is 42.6. The first-order valence-corrected chi connectivity index (χ1v) is 14.8. The summed E-state index contributed by atoms with van der Waals surface area (Å²) in [6, 6.07) is 16.7. The number of nitrogens with zero attached hydrogens (tertiary/aromatic N) is 9. The standard InChI is InChI=1S/C33H33N9O3/c1-31(2)16-34-28(43-31)22-13-7-10-19(37-22)25-40-26(20-11-8-14-23(38-20)29-35-17-32(3,4)44-29)42-27(41-25)21-12-9-15-24(39-21)30-36-18-33(5,6)45-30/h7-15H,16-18H2,1-6H3. The van der Waals surface area contributed by atoms with Gasteiger partial charge in [0.15, 0.2) is 17.5 Å². The predicted octanol–water partition coefficient (Wildman–Crippen LogP) is 4.72. The maximum Gasteiger partial charge on any atom is 0.236 e. The monoisotopic (exact) mass is 603 g/mol. The summed E-state index contributed by atoms with van der Waals surface area (Å²) < 4.78 is 18.1. The number of rotatable bonds is 6. The number of hydrogen-bond donors (Lipinski definition) is 0. The zero-order chi connectivity index (χ0) is 31.4. The van der Waals surface area contributed by atoms with E-state index >= 15 is 0 Å². The van der Waals surface area contributed by atoms with Crippen molar-refractivity contribution in [2.45, 2.75) is 58.3 Å². The topological polar surface area (TPSA) is 142 Å². The molecule has 0 spiro atoms. The molecule has 3 aliphatic heterocycles. The molecule has 4 aromatic heterocycles.